The number of aromatic hydroxyl groups is 1. The number of rotatable bonds is 2. The third kappa shape index (κ3) is 2.65. The molecule has 3 rings (SSSR count). The van der Waals surface area contributed by atoms with Crippen LogP contribution in [0.5, 0.6) is 5.88 Å². The lowest BCUT2D eigenvalue weighted by atomic mass is 10.1. The summed E-state index contributed by atoms with van der Waals surface area (Å²) in [6.45, 7) is 2.15. The van der Waals surface area contributed by atoms with Crippen molar-refractivity contribution in [2.75, 3.05) is 0 Å². The lowest BCUT2D eigenvalue weighted by Gasteiger charge is -2.07. The molecule has 3 aromatic rings. The van der Waals surface area contributed by atoms with Gasteiger partial charge in [0.1, 0.15) is 5.82 Å². The van der Waals surface area contributed by atoms with E-state index in [1.807, 2.05) is 25.3 Å². The first-order valence-corrected chi connectivity index (χ1v) is 7.54. The van der Waals surface area contributed by atoms with Crippen LogP contribution in [-0.4, -0.2) is 9.67 Å². The van der Waals surface area contributed by atoms with Gasteiger partial charge in [-0.1, -0.05) is 27.5 Å². The predicted molar refractivity (Wildman–Crippen MR) is 86.6 cm³/mol. The molecule has 0 fully saturated rings. The van der Waals surface area contributed by atoms with Gasteiger partial charge in [-0.3, -0.25) is 0 Å². The Balaban J connectivity index is 2.11. The fourth-order valence-corrected chi connectivity index (χ4v) is 3.30. The summed E-state index contributed by atoms with van der Waals surface area (Å²) in [6.07, 6.45) is 1.81. The number of nitrogens with zero attached hydrogens (tertiary/aromatic N) is 1. The van der Waals surface area contributed by atoms with Gasteiger partial charge in [0.25, 0.3) is 0 Å². The second kappa shape index (κ2) is 5.35. The first-order chi connectivity index (χ1) is 9.95. The van der Waals surface area contributed by atoms with E-state index in [0.717, 1.165) is 20.8 Å². The maximum Gasteiger partial charge on any atom is 0.199 e. The van der Waals surface area contributed by atoms with Crippen molar-refractivity contribution in [1.29, 1.82) is 0 Å². The van der Waals surface area contributed by atoms with Crippen LogP contribution in [0.25, 0.3) is 10.8 Å². The highest BCUT2D eigenvalue weighted by atomic mass is 79.9. The fraction of sp³-hybridized carbons (Fsp3) is 0.125. The van der Waals surface area contributed by atoms with Crippen molar-refractivity contribution in [3.63, 3.8) is 0 Å². The third-order valence-corrected chi connectivity index (χ3v) is 4.16. The van der Waals surface area contributed by atoms with E-state index < -0.39 is 0 Å². The maximum absolute atomic E-state index is 13.8. The van der Waals surface area contributed by atoms with Crippen molar-refractivity contribution < 1.29 is 9.50 Å². The Kier molecular flexibility index (Phi) is 3.68. The molecule has 0 amide bonds. The summed E-state index contributed by atoms with van der Waals surface area (Å²) in [4.78, 5) is 0. The molecule has 0 aliphatic carbocycles. The van der Waals surface area contributed by atoms with E-state index in [2.05, 4.69) is 15.9 Å². The minimum Gasteiger partial charge on any atom is -0.494 e. The molecule has 5 heteroatoms. The van der Waals surface area contributed by atoms with E-state index >= 15 is 0 Å². The molecule has 2 nitrogen and oxygen atoms in total. The van der Waals surface area contributed by atoms with Gasteiger partial charge in [0, 0.05) is 32.0 Å². The van der Waals surface area contributed by atoms with Crippen molar-refractivity contribution in [3.05, 3.63) is 63.0 Å². The molecular weight excluding hydrogens is 357 g/mol. The smallest absolute Gasteiger partial charge is 0.199 e. The number of aromatic nitrogens is 1. The maximum atomic E-state index is 13.8. The minimum absolute atomic E-state index is 0.134. The molecule has 0 unspecified atom stereocenters. The Morgan fingerprint density at radius 1 is 1.29 bits per heavy atom. The Morgan fingerprint density at radius 3 is 2.81 bits per heavy atom. The fourth-order valence-electron chi connectivity index (χ4n) is 2.52. The molecule has 0 saturated heterocycles. The first kappa shape index (κ1) is 14.4. The number of aryl methyl sites for hydroxylation is 1. The van der Waals surface area contributed by atoms with Gasteiger partial charge in [0.05, 0.1) is 6.54 Å². The van der Waals surface area contributed by atoms with Gasteiger partial charge in [-0.15, -0.1) is 0 Å². The lowest BCUT2D eigenvalue weighted by molar-refractivity contribution is 0.428. The average Bonchev–Trinajstić information content (AvgIpc) is 2.70. The Morgan fingerprint density at radius 2 is 2.05 bits per heavy atom. The third-order valence-electron chi connectivity index (χ3n) is 3.47. The van der Waals surface area contributed by atoms with E-state index in [1.54, 1.807) is 10.6 Å². The Labute approximate surface area is 134 Å². The summed E-state index contributed by atoms with van der Waals surface area (Å²) in [5, 5.41) is 12.5. The Hall–Kier alpha value is -1.52. The van der Waals surface area contributed by atoms with Crippen LogP contribution >= 0.6 is 27.5 Å². The summed E-state index contributed by atoms with van der Waals surface area (Å²) in [5.41, 5.74) is 1.40. The van der Waals surface area contributed by atoms with E-state index in [4.69, 9.17) is 11.6 Å². The lowest BCUT2D eigenvalue weighted by Crippen LogP contribution is -2.00. The highest BCUT2D eigenvalue weighted by molar-refractivity contribution is 9.10. The monoisotopic (exact) mass is 367 g/mol. The SMILES string of the molecule is Cc1cc(Br)cc2cn(Cc3cc(Cl)ccc3F)c(O)c12. The number of fused-ring (bicyclic) bond motifs is 1. The largest absolute Gasteiger partial charge is 0.494 e. The van der Waals surface area contributed by atoms with Gasteiger partial charge in [0.15, 0.2) is 5.88 Å². The van der Waals surface area contributed by atoms with Crippen LogP contribution in [0.15, 0.2) is 41.0 Å². The molecule has 0 spiro atoms. The van der Waals surface area contributed by atoms with Crippen molar-refractivity contribution in [3.8, 4) is 5.88 Å². The zero-order valence-corrected chi connectivity index (χ0v) is 13.5. The molecule has 0 saturated carbocycles. The summed E-state index contributed by atoms with van der Waals surface area (Å²) >= 11 is 9.34. The number of hydrogen-bond donors (Lipinski definition) is 1. The molecule has 0 bridgehead atoms. The van der Waals surface area contributed by atoms with Gasteiger partial charge in [0.2, 0.25) is 0 Å². The first-order valence-electron chi connectivity index (χ1n) is 6.37. The van der Waals surface area contributed by atoms with Crippen LogP contribution in [0.4, 0.5) is 4.39 Å². The highest BCUT2D eigenvalue weighted by Crippen LogP contribution is 2.33. The number of halogens is 3. The molecule has 108 valence electrons. The molecule has 2 aromatic carbocycles. The number of hydrogen-bond acceptors (Lipinski definition) is 1. The summed E-state index contributed by atoms with van der Waals surface area (Å²) in [5.74, 6) is -0.205. The minimum atomic E-state index is -0.338. The summed E-state index contributed by atoms with van der Waals surface area (Å²) < 4.78 is 16.4. The average molecular weight is 369 g/mol. The topological polar surface area (TPSA) is 25.2 Å². The van der Waals surface area contributed by atoms with Gasteiger partial charge >= 0.3 is 0 Å². The molecule has 1 aromatic heterocycles. The molecule has 0 atom stereocenters. The highest BCUT2D eigenvalue weighted by Gasteiger charge is 2.13. The normalized spacial score (nSPS) is 11.2. The molecule has 1 N–H and O–H groups in total. The van der Waals surface area contributed by atoms with Crippen LogP contribution < -0.4 is 0 Å². The standard InChI is InChI=1S/C16H12BrClFNO/c1-9-4-12(17)5-11-8-20(16(21)15(9)11)7-10-6-13(18)2-3-14(10)19/h2-6,8,21H,7H2,1H3. The van der Waals surface area contributed by atoms with E-state index in [0.29, 0.717) is 10.6 Å². The second-order valence-electron chi connectivity index (χ2n) is 5.00. The van der Waals surface area contributed by atoms with Gasteiger partial charge in [-0.05, 0) is 42.8 Å². The molecule has 0 radical (unpaired) electrons. The van der Waals surface area contributed by atoms with Crippen LogP contribution in [0.2, 0.25) is 5.02 Å². The molecule has 0 aliphatic heterocycles. The van der Waals surface area contributed by atoms with Crippen LogP contribution in [0, 0.1) is 12.7 Å². The second-order valence-corrected chi connectivity index (χ2v) is 6.36. The van der Waals surface area contributed by atoms with Crippen LogP contribution in [-0.2, 0) is 6.54 Å². The van der Waals surface area contributed by atoms with Crippen molar-refractivity contribution >= 4 is 38.3 Å². The van der Waals surface area contributed by atoms with E-state index in [-0.39, 0.29) is 18.2 Å². The van der Waals surface area contributed by atoms with Crippen LogP contribution in [0.1, 0.15) is 11.1 Å². The Bertz CT molecular complexity index is 844. The molecule has 1 heterocycles. The van der Waals surface area contributed by atoms with Crippen LogP contribution in [0.3, 0.4) is 0 Å². The van der Waals surface area contributed by atoms with Crippen molar-refractivity contribution in [2.24, 2.45) is 0 Å². The molecule has 0 aliphatic rings. The predicted octanol–water partition coefficient (Wildman–Crippen LogP) is 5.26. The molecular formula is C16H12BrClFNO. The van der Waals surface area contributed by atoms with Crippen molar-refractivity contribution in [2.45, 2.75) is 13.5 Å². The summed E-state index contributed by atoms with van der Waals surface area (Å²) in [6, 6.07) is 8.27. The molecule has 21 heavy (non-hydrogen) atoms. The van der Waals surface area contributed by atoms with Gasteiger partial charge in [-0.25, -0.2) is 4.39 Å². The van der Waals surface area contributed by atoms with Gasteiger partial charge in [-0.2, -0.15) is 0 Å². The van der Waals surface area contributed by atoms with E-state index in [1.165, 1.54) is 12.1 Å². The summed E-state index contributed by atoms with van der Waals surface area (Å²) in [7, 11) is 0. The zero-order chi connectivity index (χ0) is 15.1. The van der Waals surface area contributed by atoms with Gasteiger partial charge < -0.3 is 9.67 Å². The zero-order valence-electron chi connectivity index (χ0n) is 11.2. The van der Waals surface area contributed by atoms with Crippen molar-refractivity contribution in [1.82, 2.24) is 4.57 Å². The van der Waals surface area contributed by atoms with E-state index in [9.17, 15) is 9.50 Å². The number of benzene rings is 2. The quantitative estimate of drug-likeness (QED) is 0.656.